The fourth-order valence-corrected chi connectivity index (χ4v) is 2.91. The Bertz CT molecular complexity index is 671. The zero-order valence-electron chi connectivity index (χ0n) is 13.9. The van der Waals surface area contributed by atoms with E-state index < -0.39 is 0 Å². The maximum absolute atomic E-state index is 12.0. The Kier molecular flexibility index (Phi) is 5.43. The number of benzene rings is 1. The minimum Gasteiger partial charge on any atom is -0.375 e. The lowest BCUT2D eigenvalue weighted by molar-refractivity contribution is 0.104. The molecule has 1 aliphatic rings. The summed E-state index contributed by atoms with van der Waals surface area (Å²) in [6, 6.07) is 9.59. The van der Waals surface area contributed by atoms with Gasteiger partial charge in [0.25, 0.3) is 0 Å². The van der Waals surface area contributed by atoms with Gasteiger partial charge in [-0.15, -0.1) is 10.2 Å². The number of methoxy groups -OCH3 is 1. The Hall–Kier alpha value is -2.41. The summed E-state index contributed by atoms with van der Waals surface area (Å²) in [4.78, 5) is 12.0. The molecule has 2 heterocycles. The van der Waals surface area contributed by atoms with Gasteiger partial charge in [0, 0.05) is 26.6 Å². The third kappa shape index (κ3) is 3.91. The number of ether oxygens (including phenoxy) is 1. The predicted octanol–water partition coefficient (Wildman–Crippen LogP) is 1.80. The maximum Gasteiger partial charge on any atom is 0.315 e. The number of rotatable bonds is 6. The number of fused-ring (bicyclic) bond motifs is 1. The number of carbonyl (C=O) groups excluding carboxylic acids is 1. The fourth-order valence-electron chi connectivity index (χ4n) is 2.91. The number of hydrogen-bond acceptors (Lipinski definition) is 4. The molecule has 0 aliphatic carbocycles. The SMILES string of the molecule is COC(CNC(=O)NCc1nnc2n1CCCC2)c1ccccc1. The first-order valence-corrected chi connectivity index (χ1v) is 8.28. The highest BCUT2D eigenvalue weighted by atomic mass is 16.5. The summed E-state index contributed by atoms with van der Waals surface area (Å²) in [5.74, 6) is 1.83. The summed E-state index contributed by atoms with van der Waals surface area (Å²) in [5.41, 5.74) is 1.03. The summed E-state index contributed by atoms with van der Waals surface area (Å²) in [6.45, 7) is 1.72. The van der Waals surface area contributed by atoms with Crippen LogP contribution in [0.2, 0.25) is 0 Å². The Morgan fingerprint density at radius 1 is 1.25 bits per heavy atom. The molecule has 1 atom stereocenters. The van der Waals surface area contributed by atoms with E-state index in [1.54, 1.807) is 7.11 Å². The lowest BCUT2D eigenvalue weighted by Crippen LogP contribution is -2.38. The van der Waals surface area contributed by atoms with Gasteiger partial charge in [0.2, 0.25) is 0 Å². The molecule has 1 aromatic carbocycles. The Labute approximate surface area is 141 Å². The molecule has 0 radical (unpaired) electrons. The maximum atomic E-state index is 12.0. The highest BCUT2D eigenvalue weighted by molar-refractivity contribution is 5.73. The molecule has 3 rings (SSSR count). The van der Waals surface area contributed by atoms with Gasteiger partial charge in [-0.3, -0.25) is 0 Å². The molecule has 2 aromatic rings. The molecule has 24 heavy (non-hydrogen) atoms. The molecule has 0 saturated carbocycles. The lowest BCUT2D eigenvalue weighted by atomic mass is 10.1. The Morgan fingerprint density at radius 3 is 2.88 bits per heavy atom. The van der Waals surface area contributed by atoms with Gasteiger partial charge < -0.3 is 19.9 Å². The van der Waals surface area contributed by atoms with Gasteiger partial charge in [-0.25, -0.2) is 4.79 Å². The van der Waals surface area contributed by atoms with Crippen LogP contribution in [0.5, 0.6) is 0 Å². The summed E-state index contributed by atoms with van der Waals surface area (Å²) < 4.78 is 7.55. The van der Waals surface area contributed by atoms with Gasteiger partial charge in [-0.1, -0.05) is 30.3 Å². The first kappa shape index (κ1) is 16.4. The largest absolute Gasteiger partial charge is 0.375 e. The van der Waals surface area contributed by atoms with Crippen LogP contribution < -0.4 is 10.6 Å². The topological polar surface area (TPSA) is 81.1 Å². The highest BCUT2D eigenvalue weighted by Gasteiger charge is 2.16. The number of hydrogen-bond donors (Lipinski definition) is 2. The van der Waals surface area contributed by atoms with E-state index in [-0.39, 0.29) is 12.1 Å². The monoisotopic (exact) mass is 329 g/mol. The molecule has 0 saturated heterocycles. The molecular weight excluding hydrogens is 306 g/mol. The zero-order valence-corrected chi connectivity index (χ0v) is 13.9. The quantitative estimate of drug-likeness (QED) is 0.847. The van der Waals surface area contributed by atoms with Gasteiger partial charge in [0.15, 0.2) is 5.82 Å². The highest BCUT2D eigenvalue weighted by Crippen LogP contribution is 2.15. The zero-order chi connectivity index (χ0) is 16.8. The van der Waals surface area contributed by atoms with Crippen molar-refractivity contribution >= 4 is 6.03 Å². The first-order valence-electron chi connectivity index (χ1n) is 8.28. The van der Waals surface area contributed by atoms with Crippen molar-refractivity contribution < 1.29 is 9.53 Å². The molecule has 0 fully saturated rings. The van der Waals surface area contributed by atoms with Crippen LogP contribution in [0.4, 0.5) is 4.79 Å². The van der Waals surface area contributed by atoms with Crippen molar-refractivity contribution in [3.8, 4) is 0 Å². The molecule has 7 heteroatoms. The molecule has 0 bridgehead atoms. The predicted molar refractivity (Wildman–Crippen MR) is 89.4 cm³/mol. The third-order valence-electron chi connectivity index (χ3n) is 4.25. The van der Waals surface area contributed by atoms with Crippen LogP contribution in [0.3, 0.4) is 0 Å². The smallest absolute Gasteiger partial charge is 0.315 e. The minimum atomic E-state index is -0.235. The molecule has 2 amide bonds. The number of aryl methyl sites for hydroxylation is 1. The summed E-state index contributed by atoms with van der Waals surface area (Å²) in [7, 11) is 1.64. The number of nitrogens with zero attached hydrogens (tertiary/aromatic N) is 3. The van der Waals surface area contributed by atoms with Crippen LogP contribution in [-0.2, 0) is 24.2 Å². The van der Waals surface area contributed by atoms with E-state index in [0.717, 1.165) is 43.0 Å². The van der Waals surface area contributed by atoms with Crippen molar-refractivity contribution in [2.24, 2.45) is 0 Å². The van der Waals surface area contributed by atoms with E-state index in [2.05, 4.69) is 25.4 Å². The average Bonchev–Trinajstić information content (AvgIpc) is 3.04. The van der Waals surface area contributed by atoms with Crippen LogP contribution in [-0.4, -0.2) is 34.5 Å². The summed E-state index contributed by atoms with van der Waals surface area (Å²) in [6.07, 6.45) is 3.09. The molecule has 1 aromatic heterocycles. The van der Waals surface area contributed by atoms with Crippen molar-refractivity contribution in [1.82, 2.24) is 25.4 Å². The minimum absolute atomic E-state index is 0.169. The van der Waals surface area contributed by atoms with E-state index in [1.807, 2.05) is 30.3 Å². The van der Waals surface area contributed by atoms with Crippen LogP contribution in [0, 0.1) is 0 Å². The van der Waals surface area contributed by atoms with Gasteiger partial charge in [-0.2, -0.15) is 0 Å². The van der Waals surface area contributed by atoms with E-state index >= 15 is 0 Å². The van der Waals surface area contributed by atoms with Crippen molar-refractivity contribution in [3.63, 3.8) is 0 Å². The van der Waals surface area contributed by atoms with Gasteiger partial charge in [-0.05, 0) is 18.4 Å². The van der Waals surface area contributed by atoms with Crippen LogP contribution in [0.25, 0.3) is 0 Å². The number of aromatic nitrogens is 3. The van der Waals surface area contributed by atoms with Crippen LogP contribution in [0.15, 0.2) is 30.3 Å². The Balaban J connectivity index is 1.48. The second-order valence-electron chi connectivity index (χ2n) is 5.84. The van der Waals surface area contributed by atoms with E-state index in [1.165, 1.54) is 0 Å². The fraction of sp³-hybridized carbons (Fsp3) is 0.471. The molecule has 1 aliphatic heterocycles. The van der Waals surface area contributed by atoms with Gasteiger partial charge in [0.1, 0.15) is 5.82 Å². The molecule has 7 nitrogen and oxygen atoms in total. The van der Waals surface area contributed by atoms with Crippen LogP contribution >= 0.6 is 0 Å². The van der Waals surface area contributed by atoms with E-state index in [0.29, 0.717) is 13.1 Å². The molecule has 0 spiro atoms. The standard InChI is InChI=1S/C17H23N5O2/c1-24-14(13-7-3-2-4-8-13)11-18-17(23)19-12-16-21-20-15-9-5-6-10-22(15)16/h2-4,7-8,14H,5-6,9-12H2,1H3,(H2,18,19,23). The van der Waals surface area contributed by atoms with Crippen molar-refractivity contribution in [3.05, 3.63) is 47.5 Å². The third-order valence-corrected chi connectivity index (χ3v) is 4.25. The van der Waals surface area contributed by atoms with Gasteiger partial charge in [0.05, 0.1) is 12.6 Å². The van der Waals surface area contributed by atoms with Crippen LogP contribution in [0.1, 0.15) is 36.2 Å². The van der Waals surface area contributed by atoms with Crippen molar-refractivity contribution in [2.75, 3.05) is 13.7 Å². The number of amides is 2. The second-order valence-corrected chi connectivity index (χ2v) is 5.84. The molecule has 2 N–H and O–H groups in total. The Morgan fingerprint density at radius 2 is 2.08 bits per heavy atom. The first-order chi connectivity index (χ1) is 11.8. The molecule has 128 valence electrons. The van der Waals surface area contributed by atoms with Crippen molar-refractivity contribution in [2.45, 2.75) is 38.5 Å². The lowest BCUT2D eigenvalue weighted by Gasteiger charge is -2.17. The van der Waals surface area contributed by atoms with Crippen molar-refractivity contribution in [1.29, 1.82) is 0 Å². The summed E-state index contributed by atoms with van der Waals surface area (Å²) >= 11 is 0. The normalized spacial score (nSPS) is 14.7. The van der Waals surface area contributed by atoms with Gasteiger partial charge >= 0.3 is 6.03 Å². The average molecular weight is 329 g/mol. The molecular formula is C17H23N5O2. The number of urea groups is 1. The second kappa shape index (κ2) is 7.92. The molecule has 1 unspecified atom stereocenters. The van der Waals surface area contributed by atoms with E-state index in [9.17, 15) is 4.79 Å². The number of nitrogens with one attached hydrogen (secondary N) is 2. The number of carbonyl (C=O) groups is 1. The summed E-state index contributed by atoms with van der Waals surface area (Å²) in [5, 5.41) is 14.0. The van der Waals surface area contributed by atoms with E-state index in [4.69, 9.17) is 4.74 Å².